The normalized spacial score (nSPS) is 27.5. The SMILES string of the molecule is COC1CC2COCCN2c2cc(Br)cnc21. The third-order valence-corrected chi connectivity index (χ3v) is 3.91. The monoisotopic (exact) mass is 298 g/mol. The van der Waals surface area contributed by atoms with Crippen molar-refractivity contribution in [3.05, 3.63) is 22.4 Å². The molecule has 2 aliphatic heterocycles. The number of hydrogen-bond acceptors (Lipinski definition) is 4. The van der Waals surface area contributed by atoms with Crippen LogP contribution in [0.4, 0.5) is 5.69 Å². The summed E-state index contributed by atoms with van der Waals surface area (Å²) in [6.07, 6.45) is 2.88. The topological polar surface area (TPSA) is 34.6 Å². The minimum absolute atomic E-state index is 0.0843. The van der Waals surface area contributed by atoms with Gasteiger partial charge < -0.3 is 14.4 Å². The zero-order valence-corrected chi connectivity index (χ0v) is 11.3. The van der Waals surface area contributed by atoms with Gasteiger partial charge in [0.1, 0.15) is 6.10 Å². The van der Waals surface area contributed by atoms with E-state index in [2.05, 4.69) is 31.9 Å². The van der Waals surface area contributed by atoms with Gasteiger partial charge in [-0.1, -0.05) is 0 Å². The number of methoxy groups -OCH3 is 1. The molecule has 0 N–H and O–H groups in total. The number of morpholine rings is 1. The fourth-order valence-electron chi connectivity index (χ4n) is 2.65. The second kappa shape index (κ2) is 4.55. The number of halogens is 1. The van der Waals surface area contributed by atoms with Crippen molar-refractivity contribution in [2.45, 2.75) is 18.6 Å². The number of hydrogen-bond donors (Lipinski definition) is 0. The van der Waals surface area contributed by atoms with Gasteiger partial charge in [0.05, 0.1) is 30.6 Å². The van der Waals surface area contributed by atoms with E-state index in [9.17, 15) is 0 Å². The molecule has 0 aromatic carbocycles. The fraction of sp³-hybridized carbons (Fsp3) is 0.583. The Hall–Kier alpha value is -0.650. The maximum Gasteiger partial charge on any atom is 0.103 e. The lowest BCUT2D eigenvalue weighted by Gasteiger charge is -2.43. The van der Waals surface area contributed by atoms with Crippen molar-refractivity contribution in [3.8, 4) is 0 Å². The first-order valence-corrected chi connectivity index (χ1v) is 6.61. The molecule has 0 bridgehead atoms. The first-order chi connectivity index (χ1) is 8.29. The van der Waals surface area contributed by atoms with Crippen LogP contribution in [0.25, 0.3) is 0 Å². The van der Waals surface area contributed by atoms with Gasteiger partial charge in [0.2, 0.25) is 0 Å². The van der Waals surface area contributed by atoms with Crippen LogP contribution in [0.3, 0.4) is 0 Å². The zero-order valence-electron chi connectivity index (χ0n) is 9.73. The summed E-state index contributed by atoms with van der Waals surface area (Å²) in [5.41, 5.74) is 2.24. The Balaban J connectivity index is 2.04. The molecule has 17 heavy (non-hydrogen) atoms. The summed E-state index contributed by atoms with van der Waals surface area (Å²) in [6.45, 7) is 2.51. The van der Waals surface area contributed by atoms with Crippen molar-refractivity contribution in [2.75, 3.05) is 31.8 Å². The second-order valence-corrected chi connectivity index (χ2v) is 5.36. The molecule has 1 aromatic rings. The van der Waals surface area contributed by atoms with Crippen LogP contribution < -0.4 is 4.90 Å². The van der Waals surface area contributed by atoms with E-state index < -0.39 is 0 Å². The molecule has 5 heteroatoms. The largest absolute Gasteiger partial charge is 0.377 e. The summed E-state index contributed by atoms with van der Waals surface area (Å²) in [5, 5.41) is 0. The summed E-state index contributed by atoms with van der Waals surface area (Å²) >= 11 is 3.49. The predicted molar refractivity (Wildman–Crippen MR) is 68.3 cm³/mol. The fourth-order valence-corrected chi connectivity index (χ4v) is 2.97. The number of rotatable bonds is 1. The van der Waals surface area contributed by atoms with Gasteiger partial charge in [-0.2, -0.15) is 0 Å². The van der Waals surface area contributed by atoms with Crippen molar-refractivity contribution in [3.63, 3.8) is 0 Å². The highest BCUT2D eigenvalue weighted by atomic mass is 79.9. The highest BCUT2D eigenvalue weighted by molar-refractivity contribution is 9.10. The zero-order chi connectivity index (χ0) is 11.8. The maximum atomic E-state index is 5.55. The Kier molecular flexibility index (Phi) is 3.06. The van der Waals surface area contributed by atoms with Crippen LogP contribution in [0.5, 0.6) is 0 Å². The molecule has 2 aliphatic rings. The van der Waals surface area contributed by atoms with Crippen molar-refractivity contribution < 1.29 is 9.47 Å². The van der Waals surface area contributed by atoms with E-state index in [-0.39, 0.29) is 6.10 Å². The number of aromatic nitrogens is 1. The van der Waals surface area contributed by atoms with Crippen molar-refractivity contribution in [1.82, 2.24) is 4.98 Å². The Morgan fingerprint density at radius 2 is 2.47 bits per heavy atom. The lowest BCUT2D eigenvalue weighted by atomic mass is 9.96. The molecule has 2 atom stereocenters. The standard InChI is InChI=1S/C12H15BrN2O2/c1-16-11-5-9-7-17-3-2-15(9)10-4-8(13)6-14-12(10)11/h4,6,9,11H,2-3,5,7H2,1H3. The Bertz CT molecular complexity index is 427. The van der Waals surface area contributed by atoms with E-state index in [1.54, 1.807) is 7.11 Å². The van der Waals surface area contributed by atoms with E-state index in [0.29, 0.717) is 6.04 Å². The maximum absolute atomic E-state index is 5.55. The van der Waals surface area contributed by atoms with E-state index in [0.717, 1.165) is 36.3 Å². The van der Waals surface area contributed by atoms with Crippen molar-refractivity contribution in [1.29, 1.82) is 0 Å². The summed E-state index contributed by atoms with van der Waals surface area (Å²) < 4.78 is 12.1. The lowest BCUT2D eigenvalue weighted by molar-refractivity contribution is 0.0382. The number of pyridine rings is 1. The van der Waals surface area contributed by atoms with Gasteiger partial charge in [-0.25, -0.2) is 0 Å². The van der Waals surface area contributed by atoms with Crippen molar-refractivity contribution in [2.24, 2.45) is 0 Å². The third-order valence-electron chi connectivity index (χ3n) is 3.48. The van der Waals surface area contributed by atoms with Crippen molar-refractivity contribution >= 4 is 21.6 Å². The smallest absolute Gasteiger partial charge is 0.103 e. The molecule has 0 amide bonds. The molecule has 1 fully saturated rings. The number of anilines is 1. The first kappa shape index (κ1) is 11.4. The molecule has 3 rings (SSSR count). The quantitative estimate of drug-likeness (QED) is 0.796. The molecular weight excluding hydrogens is 284 g/mol. The highest BCUT2D eigenvalue weighted by Crippen LogP contribution is 2.39. The van der Waals surface area contributed by atoms with Crippen LogP contribution in [0.1, 0.15) is 18.2 Å². The summed E-state index contributed by atoms with van der Waals surface area (Å²) in [5.74, 6) is 0. The van der Waals surface area contributed by atoms with E-state index >= 15 is 0 Å². The second-order valence-electron chi connectivity index (χ2n) is 4.44. The minimum Gasteiger partial charge on any atom is -0.377 e. The predicted octanol–water partition coefficient (Wildman–Crippen LogP) is 2.14. The molecular formula is C12H15BrN2O2. The molecule has 2 unspecified atom stereocenters. The molecule has 0 saturated carbocycles. The summed E-state index contributed by atoms with van der Waals surface area (Å²) in [7, 11) is 1.75. The van der Waals surface area contributed by atoms with Gasteiger partial charge in [0.15, 0.2) is 0 Å². The average Bonchev–Trinajstić information content (AvgIpc) is 2.37. The number of fused-ring (bicyclic) bond motifs is 3. The van der Waals surface area contributed by atoms with E-state index in [4.69, 9.17) is 9.47 Å². The molecule has 92 valence electrons. The van der Waals surface area contributed by atoms with E-state index in [1.807, 2.05) is 6.20 Å². The van der Waals surface area contributed by atoms with Crippen LogP contribution in [0.15, 0.2) is 16.7 Å². The van der Waals surface area contributed by atoms with Gasteiger partial charge >= 0.3 is 0 Å². The van der Waals surface area contributed by atoms with Gasteiger partial charge in [-0.05, 0) is 22.0 Å². The summed E-state index contributed by atoms with van der Waals surface area (Å²) in [4.78, 5) is 6.90. The molecule has 0 radical (unpaired) electrons. The third kappa shape index (κ3) is 1.96. The highest BCUT2D eigenvalue weighted by Gasteiger charge is 2.35. The molecule has 0 spiro atoms. The molecule has 0 aliphatic carbocycles. The van der Waals surface area contributed by atoms with Crippen LogP contribution in [0, 0.1) is 0 Å². The number of ether oxygens (including phenoxy) is 2. The lowest BCUT2D eigenvalue weighted by Crippen LogP contribution is -2.49. The van der Waals surface area contributed by atoms with Gasteiger partial charge in [0.25, 0.3) is 0 Å². The van der Waals surface area contributed by atoms with Gasteiger partial charge in [0, 0.05) is 30.7 Å². The van der Waals surface area contributed by atoms with E-state index in [1.165, 1.54) is 5.69 Å². The molecule has 4 nitrogen and oxygen atoms in total. The molecule has 3 heterocycles. The van der Waals surface area contributed by atoms with Crippen LogP contribution in [-0.4, -0.2) is 37.9 Å². The Morgan fingerprint density at radius 1 is 1.59 bits per heavy atom. The number of nitrogens with zero attached hydrogens (tertiary/aromatic N) is 2. The molecule has 1 saturated heterocycles. The van der Waals surface area contributed by atoms with Crippen LogP contribution in [-0.2, 0) is 9.47 Å². The van der Waals surface area contributed by atoms with Crippen LogP contribution in [0.2, 0.25) is 0 Å². The van der Waals surface area contributed by atoms with Gasteiger partial charge in [-0.15, -0.1) is 0 Å². The Morgan fingerprint density at radius 3 is 3.29 bits per heavy atom. The van der Waals surface area contributed by atoms with Gasteiger partial charge in [-0.3, -0.25) is 4.98 Å². The molecule has 1 aromatic heterocycles. The Labute approximate surface area is 109 Å². The summed E-state index contributed by atoms with van der Waals surface area (Å²) in [6, 6.07) is 2.54. The average molecular weight is 299 g/mol. The minimum atomic E-state index is 0.0843. The first-order valence-electron chi connectivity index (χ1n) is 5.82. The van der Waals surface area contributed by atoms with Crippen LogP contribution >= 0.6 is 15.9 Å².